The first kappa shape index (κ1) is 4.96. The number of allylic oxidation sites excluding steroid dienone is 1. The van der Waals surface area contributed by atoms with Gasteiger partial charge in [-0.1, -0.05) is 0 Å². The highest BCUT2D eigenvalue weighted by atomic mass is 16.2. The van der Waals surface area contributed by atoms with E-state index < -0.39 is 0 Å². The topological polar surface area (TPSA) is 53.2 Å². The third kappa shape index (κ3) is 0.726. The molecule has 0 saturated carbocycles. The van der Waals surface area contributed by atoms with Crippen LogP contribution in [0.4, 0.5) is 4.79 Å². The van der Waals surface area contributed by atoms with Gasteiger partial charge in [0.05, 0.1) is 0 Å². The van der Waals surface area contributed by atoms with E-state index in [9.17, 15) is 4.79 Å². The molecule has 1 saturated heterocycles. The predicted octanol–water partition coefficient (Wildman–Crippen LogP) is -0.335. The molecular formula is C4H7N3O. The zero-order valence-corrected chi connectivity index (χ0v) is 4.49. The molecule has 0 aliphatic carbocycles. The second-order valence-electron chi connectivity index (χ2n) is 1.41. The van der Waals surface area contributed by atoms with E-state index >= 15 is 0 Å². The van der Waals surface area contributed by atoms with Crippen molar-refractivity contribution in [2.45, 2.75) is 6.92 Å². The van der Waals surface area contributed by atoms with Gasteiger partial charge in [0.25, 0.3) is 0 Å². The smallest absolute Gasteiger partial charge is 0.292 e. The molecule has 4 nitrogen and oxygen atoms in total. The zero-order valence-electron chi connectivity index (χ0n) is 4.49. The minimum Gasteiger partial charge on any atom is -0.292 e. The van der Waals surface area contributed by atoms with Crippen LogP contribution in [-0.2, 0) is 0 Å². The van der Waals surface area contributed by atoms with Crippen LogP contribution >= 0.6 is 0 Å². The number of rotatable bonds is 0. The summed E-state index contributed by atoms with van der Waals surface area (Å²) in [5.74, 6) is 0.704. The van der Waals surface area contributed by atoms with E-state index in [0.29, 0.717) is 5.82 Å². The number of nitrogens with one attached hydrogen (secondary N) is 3. The molecule has 0 unspecified atom stereocenters. The minimum absolute atomic E-state index is 0.210. The normalized spacial score (nSPS) is 22.1. The Morgan fingerprint density at radius 3 is 2.50 bits per heavy atom. The fraction of sp³-hybridized carbons (Fsp3) is 0.250. The van der Waals surface area contributed by atoms with Gasteiger partial charge in [-0.05, 0) is 13.0 Å². The number of hydrazine groups is 1. The molecule has 0 bridgehead atoms. The Hall–Kier alpha value is -1.19. The molecule has 0 spiro atoms. The Kier molecular flexibility index (Phi) is 1.07. The van der Waals surface area contributed by atoms with Gasteiger partial charge >= 0.3 is 6.03 Å². The van der Waals surface area contributed by atoms with Gasteiger partial charge in [-0.3, -0.25) is 16.2 Å². The second kappa shape index (κ2) is 1.73. The van der Waals surface area contributed by atoms with E-state index in [0.717, 1.165) is 0 Å². The molecule has 0 radical (unpaired) electrons. The first-order valence-electron chi connectivity index (χ1n) is 2.32. The highest BCUT2D eigenvalue weighted by Crippen LogP contribution is 1.84. The maximum absolute atomic E-state index is 10.3. The monoisotopic (exact) mass is 113 g/mol. The first-order valence-corrected chi connectivity index (χ1v) is 2.32. The summed E-state index contributed by atoms with van der Waals surface area (Å²) in [6.45, 7) is 1.83. The molecular weight excluding hydrogens is 106 g/mol. The lowest BCUT2D eigenvalue weighted by Crippen LogP contribution is -2.25. The molecule has 1 aliphatic rings. The van der Waals surface area contributed by atoms with Crippen LogP contribution in [-0.4, -0.2) is 6.03 Å². The van der Waals surface area contributed by atoms with Crippen LogP contribution < -0.4 is 16.2 Å². The van der Waals surface area contributed by atoms with Crippen molar-refractivity contribution in [1.29, 1.82) is 0 Å². The fourth-order valence-corrected chi connectivity index (χ4v) is 0.453. The summed E-state index contributed by atoms with van der Waals surface area (Å²) in [4.78, 5) is 10.3. The van der Waals surface area contributed by atoms with E-state index in [1.54, 1.807) is 6.08 Å². The van der Waals surface area contributed by atoms with Crippen molar-refractivity contribution >= 4 is 6.03 Å². The molecule has 0 aromatic rings. The van der Waals surface area contributed by atoms with Gasteiger partial charge in [-0.2, -0.15) is 0 Å². The zero-order chi connectivity index (χ0) is 5.98. The SMILES string of the molecule is CC=C1NNC(=O)N1. The Balaban J connectivity index is 2.56. The lowest BCUT2D eigenvalue weighted by Gasteiger charge is -1.89. The minimum atomic E-state index is -0.210. The molecule has 2 amide bonds. The van der Waals surface area contributed by atoms with Crippen LogP contribution in [0.5, 0.6) is 0 Å². The molecule has 0 aromatic heterocycles. The van der Waals surface area contributed by atoms with Crippen molar-refractivity contribution in [2.75, 3.05) is 0 Å². The van der Waals surface area contributed by atoms with Crippen LogP contribution in [0.15, 0.2) is 11.9 Å². The molecule has 1 heterocycles. The summed E-state index contributed by atoms with van der Waals surface area (Å²) in [5, 5.41) is 2.50. The summed E-state index contributed by atoms with van der Waals surface area (Å²) in [5.41, 5.74) is 4.96. The number of carbonyl (C=O) groups excluding carboxylic acids is 1. The molecule has 0 aromatic carbocycles. The third-order valence-electron chi connectivity index (χ3n) is 0.848. The quantitative estimate of drug-likeness (QED) is 0.402. The standard InChI is InChI=1S/C4H7N3O/c1-2-3-5-4(8)7-6-3/h2,6H,1H3,(H2,5,7,8). The van der Waals surface area contributed by atoms with E-state index in [4.69, 9.17) is 0 Å². The lowest BCUT2D eigenvalue weighted by molar-refractivity contribution is 0.247. The molecule has 1 aliphatic heterocycles. The van der Waals surface area contributed by atoms with Crippen molar-refractivity contribution in [3.63, 3.8) is 0 Å². The first-order chi connectivity index (χ1) is 3.83. The molecule has 1 fully saturated rings. The average molecular weight is 113 g/mol. The summed E-state index contributed by atoms with van der Waals surface area (Å²) in [6, 6.07) is -0.210. The Bertz CT molecular complexity index is 140. The second-order valence-corrected chi connectivity index (χ2v) is 1.41. The molecule has 4 heteroatoms. The third-order valence-corrected chi connectivity index (χ3v) is 0.848. The molecule has 1 rings (SSSR count). The average Bonchev–Trinajstić information content (AvgIpc) is 2.14. The van der Waals surface area contributed by atoms with Crippen molar-refractivity contribution in [1.82, 2.24) is 16.2 Å². The van der Waals surface area contributed by atoms with E-state index in [1.165, 1.54) is 0 Å². The Morgan fingerprint density at radius 1 is 1.50 bits per heavy atom. The predicted molar refractivity (Wildman–Crippen MR) is 28.6 cm³/mol. The lowest BCUT2D eigenvalue weighted by atomic mass is 10.6. The number of amides is 2. The van der Waals surface area contributed by atoms with E-state index in [1.807, 2.05) is 6.92 Å². The van der Waals surface area contributed by atoms with E-state index in [-0.39, 0.29) is 6.03 Å². The molecule has 44 valence electrons. The van der Waals surface area contributed by atoms with Gasteiger partial charge in [0, 0.05) is 0 Å². The van der Waals surface area contributed by atoms with E-state index in [2.05, 4.69) is 16.2 Å². The van der Waals surface area contributed by atoms with Gasteiger partial charge in [0.15, 0.2) is 0 Å². The summed E-state index contributed by atoms with van der Waals surface area (Å²) < 4.78 is 0. The van der Waals surface area contributed by atoms with Gasteiger partial charge in [-0.25, -0.2) is 4.79 Å². The van der Waals surface area contributed by atoms with Crippen molar-refractivity contribution in [3.8, 4) is 0 Å². The molecule has 0 atom stereocenters. The fourth-order valence-electron chi connectivity index (χ4n) is 0.453. The highest BCUT2D eigenvalue weighted by Gasteiger charge is 2.08. The van der Waals surface area contributed by atoms with Crippen molar-refractivity contribution < 1.29 is 4.79 Å². The number of urea groups is 1. The number of carbonyl (C=O) groups is 1. The van der Waals surface area contributed by atoms with Gasteiger partial charge in [0.2, 0.25) is 0 Å². The van der Waals surface area contributed by atoms with Gasteiger partial charge < -0.3 is 0 Å². The van der Waals surface area contributed by atoms with Gasteiger partial charge in [0.1, 0.15) is 5.82 Å². The summed E-state index contributed by atoms with van der Waals surface area (Å²) >= 11 is 0. The van der Waals surface area contributed by atoms with Crippen LogP contribution in [0.1, 0.15) is 6.92 Å². The van der Waals surface area contributed by atoms with Gasteiger partial charge in [-0.15, -0.1) is 0 Å². The largest absolute Gasteiger partial charge is 0.339 e. The van der Waals surface area contributed by atoms with Crippen LogP contribution in [0, 0.1) is 0 Å². The molecule has 3 N–H and O–H groups in total. The Morgan fingerprint density at radius 2 is 2.25 bits per heavy atom. The summed E-state index contributed by atoms with van der Waals surface area (Å²) in [6.07, 6.45) is 1.76. The number of hydrogen-bond donors (Lipinski definition) is 3. The highest BCUT2D eigenvalue weighted by molar-refractivity contribution is 5.77. The van der Waals surface area contributed by atoms with Crippen LogP contribution in [0.3, 0.4) is 0 Å². The van der Waals surface area contributed by atoms with Crippen molar-refractivity contribution in [3.05, 3.63) is 11.9 Å². The Labute approximate surface area is 46.9 Å². The maximum Gasteiger partial charge on any atom is 0.339 e. The van der Waals surface area contributed by atoms with Crippen molar-refractivity contribution in [2.24, 2.45) is 0 Å². The van der Waals surface area contributed by atoms with Crippen LogP contribution in [0.2, 0.25) is 0 Å². The number of hydrogen-bond acceptors (Lipinski definition) is 2. The summed E-state index contributed by atoms with van der Waals surface area (Å²) in [7, 11) is 0. The van der Waals surface area contributed by atoms with Crippen LogP contribution in [0.25, 0.3) is 0 Å². The molecule has 8 heavy (non-hydrogen) atoms. The maximum atomic E-state index is 10.3.